The molecule has 0 unspecified atom stereocenters. The van der Waals surface area contributed by atoms with Gasteiger partial charge in [-0.05, 0) is 6.92 Å². The van der Waals surface area contributed by atoms with Crippen molar-refractivity contribution in [3.05, 3.63) is 33.6 Å². The fraction of sp³-hybridized carbons (Fsp3) is 0.200. The first-order valence-electron chi connectivity index (χ1n) is 4.95. The summed E-state index contributed by atoms with van der Waals surface area (Å²) < 4.78 is 4.48. The first-order valence-corrected chi connectivity index (χ1v) is 5.83. The molecule has 2 N–H and O–H groups in total. The predicted molar refractivity (Wildman–Crippen MR) is 61.5 cm³/mol. The van der Waals surface area contributed by atoms with E-state index in [0.717, 1.165) is 16.8 Å². The van der Waals surface area contributed by atoms with Crippen molar-refractivity contribution in [2.75, 3.05) is 0 Å². The van der Waals surface area contributed by atoms with E-state index in [4.69, 9.17) is 5.11 Å². The van der Waals surface area contributed by atoms with Crippen LogP contribution in [0.25, 0.3) is 0 Å². The van der Waals surface area contributed by atoms with E-state index in [1.807, 2.05) is 12.3 Å². The van der Waals surface area contributed by atoms with Gasteiger partial charge in [0.1, 0.15) is 5.01 Å². The highest BCUT2D eigenvalue weighted by atomic mass is 32.1. The highest BCUT2D eigenvalue weighted by Crippen LogP contribution is 2.09. The van der Waals surface area contributed by atoms with Gasteiger partial charge in [-0.25, -0.2) is 9.78 Å². The SMILES string of the molecule is Cc1csc(CNC(=O)c2cc(C(=O)O)on2)n1. The molecule has 0 bridgehead atoms. The van der Waals surface area contributed by atoms with Crippen molar-refractivity contribution in [2.45, 2.75) is 13.5 Å². The summed E-state index contributed by atoms with van der Waals surface area (Å²) in [7, 11) is 0. The lowest BCUT2D eigenvalue weighted by Crippen LogP contribution is -2.23. The quantitative estimate of drug-likeness (QED) is 0.858. The van der Waals surface area contributed by atoms with Gasteiger partial charge in [0.2, 0.25) is 5.76 Å². The summed E-state index contributed by atoms with van der Waals surface area (Å²) in [5, 5.41) is 17.2. The van der Waals surface area contributed by atoms with Crippen LogP contribution in [0, 0.1) is 6.92 Å². The molecule has 2 heterocycles. The lowest BCUT2D eigenvalue weighted by molar-refractivity contribution is 0.0651. The molecule has 8 heteroatoms. The van der Waals surface area contributed by atoms with Crippen molar-refractivity contribution in [1.82, 2.24) is 15.5 Å². The van der Waals surface area contributed by atoms with E-state index in [0.29, 0.717) is 0 Å². The second-order valence-electron chi connectivity index (χ2n) is 3.45. The second kappa shape index (κ2) is 4.96. The minimum atomic E-state index is -1.27. The first kappa shape index (κ1) is 12.2. The Labute approximate surface area is 105 Å². The minimum absolute atomic E-state index is 0.0688. The Morgan fingerprint density at radius 2 is 2.33 bits per heavy atom. The third-order valence-corrected chi connectivity index (χ3v) is 2.99. The first-order chi connectivity index (χ1) is 8.56. The molecule has 2 rings (SSSR count). The number of nitrogens with one attached hydrogen (secondary N) is 1. The molecule has 0 spiro atoms. The molecule has 0 saturated carbocycles. The number of amides is 1. The Hall–Kier alpha value is -2.22. The standard InChI is InChI=1S/C10H9N3O4S/c1-5-4-18-8(12-5)3-11-9(14)6-2-7(10(15)16)17-13-6/h2,4H,3H2,1H3,(H,11,14)(H,15,16). The molecule has 0 radical (unpaired) electrons. The molecule has 0 aromatic carbocycles. The summed E-state index contributed by atoms with van der Waals surface area (Å²) in [6.45, 7) is 2.13. The predicted octanol–water partition coefficient (Wildman–Crippen LogP) is 1.07. The Bertz CT molecular complexity index is 589. The molecule has 0 aliphatic rings. The third-order valence-electron chi connectivity index (χ3n) is 2.02. The Morgan fingerprint density at radius 3 is 2.89 bits per heavy atom. The number of carbonyl (C=O) groups is 2. The fourth-order valence-electron chi connectivity index (χ4n) is 1.21. The molecular formula is C10H9N3O4S. The van der Waals surface area contributed by atoms with Crippen LogP contribution in [0.5, 0.6) is 0 Å². The normalized spacial score (nSPS) is 10.3. The number of aryl methyl sites for hydroxylation is 1. The van der Waals surface area contributed by atoms with E-state index in [2.05, 4.69) is 20.0 Å². The Kier molecular flexibility index (Phi) is 3.38. The summed E-state index contributed by atoms with van der Waals surface area (Å²) in [6.07, 6.45) is 0. The van der Waals surface area contributed by atoms with Crippen molar-refractivity contribution in [2.24, 2.45) is 0 Å². The number of hydrogen-bond acceptors (Lipinski definition) is 6. The second-order valence-corrected chi connectivity index (χ2v) is 4.39. The van der Waals surface area contributed by atoms with Crippen LogP contribution < -0.4 is 5.32 Å². The summed E-state index contributed by atoms with van der Waals surface area (Å²) in [5.74, 6) is -2.14. The average molecular weight is 267 g/mol. The minimum Gasteiger partial charge on any atom is -0.475 e. The number of carboxylic acid groups (broad SMARTS) is 1. The third kappa shape index (κ3) is 2.72. The monoisotopic (exact) mass is 267 g/mol. The van der Waals surface area contributed by atoms with Gasteiger partial charge in [0.25, 0.3) is 5.91 Å². The van der Waals surface area contributed by atoms with Gasteiger partial charge in [-0.1, -0.05) is 5.16 Å². The van der Waals surface area contributed by atoms with Gasteiger partial charge in [-0.15, -0.1) is 11.3 Å². The smallest absolute Gasteiger partial charge is 0.374 e. The molecule has 2 aromatic heterocycles. The largest absolute Gasteiger partial charge is 0.475 e. The maximum Gasteiger partial charge on any atom is 0.374 e. The molecule has 94 valence electrons. The van der Waals surface area contributed by atoms with Gasteiger partial charge in [0, 0.05) is 17.1 Å². The maximum absolute atomic E-state index is 11.6. The van der Waals surface area contributed by atoms with Crippen LogP contribution in [0.3, 0.4) is 0 Å². The van der Waals surface area contributed by atoms with Crippen LogP contribution in [0.2, 0.25) is 0 Å². The molecule has 18 heavy (non-hydrogen) atoms. The summed E-state index contributed by atoms with van der Waals surface area (Å²) in [4.78, 5) is 26.3. The summed E-state index contributed by atoms with van der Waals surface area (Å²) >= 11 is 1.43. The number of carboxylic acids is 1. The summed E-state index contributed by atoms with van der Waals surface area (Å²) in [6, 6.07) is 1.07. The van der Waals surface area contributed by atoms with Crippen LogP contribution in [0.4, 0.5) is 0 Å². The van der Waals surface area contributed by atoms with Crippen LogP contribution in [0.15, 0.2) is 16.0 Å². The van der Waals surface area contributed by atoms with Crippen molar-refractivity contribution < 1.29 is 19.2 Å². The van der Waals surface area contributed by atoms with Gasteiger partial charge in [0.05, 0.1) is 6.54 Å². The van der Waals surface area contributed by atoms with Crippen LogP contribution in [0.1, 0.15) is 31.7 Å². The van der Waals surface area contributed by atoms with Crippen LogP contribution in [-0.4, -0.2) is 27.1 Å². The van der Waals surface area contributed by atoms with Gasteiger partial charge >= 0.3 is 5.97 Å². The van der Waals surface area contributed by atoms with Crippen molar-refractivity contribution >= 4 is 23.2 Å². The van der Waals surface area contributed by atoms with Gasteiger partial charge in [0.15, 0.2) is 5.69 Å². The van der Waals surface area contributed by atoms with E-state index in [9.17, 15) is 9.59 Å². The molecule has 0 aliphatic carbocycles. The van der Waals surface area contributed by atoms with Gasteiger partial charge in [-0.3, -0.25) is 4.79 Å². The Balaban J connectivity index is 1.97. The fourth-order valence-corrected chi connectivity index (χ4v) is 1.92. The van der Waals surface area contributed by atoms with Crippen molar-refractivity contribution in [3.63, 3.8) is 0 Å². The van der Waals surface area contributed by atoms with E-state index in [1.54, 1.807) is 0 Å². The van der Waals surface area contributed by atoms with E-state index in [1.165, 1.54) is 11.3 Å². The lowest BCUT2D eigenvalue weighted by atomic mass is 10.3. The number of thiazole rings is 1. The number of hydrogen-bond donors (Lipinski definition) is 2. The highest BCUT2D eigenvalue weighted by Gasteiger charge is 2.16. The number of nitrogens with zero attached hydrogens (tertiary/aromatic N) is 2. The molecule has 1 amide bonds. The molecule has 0 saturated heterocycles. The van der Waals surface area contributed by atoms with Gasteiger partial charge in [-0.2, -0.15) is 0 Å². The average Bonchev–Trinajstić information content (AvgIpc) is 2.94. The number of carbonyl (C=O) groups excluding carboxylic acids is 1. The molecule has 7 nitrogen and oxygen atoms in total. The zero-order valence-corrected chi connectivity index (χ0v) is 10.2. The number of aromatic carboxylic acids is 1. The van der Waals surface area contributed by atoms with E-state index < -0.39 is 11.9 Å². The molecule has 2 aromatic rings. The highest BCUT2D eigenvalue weighted by molar-refractivity contribution is 7.09. The molecular weight excluding hydrogens is 258 g/mol. The van der Waals surface area contributed by atoms with Gasteiger partial charge < -0.3 is 14.9 Å². The summed E-state index contributed by atoms with van der Waals surface area (Å²) in [5.41, 5.74) is 0.819. The van der Waals surface area contributed by atoms with Crippen molar-refractivity contribution in [1.29, 1.82) is 0 Å². The Morgan fingerprint density at radius 1 is 1.56 bits per heavy atom. The molecule has 0 aliphatic heterocycles. The zero-order valence-electron chi connectivity index (χ0n) is 9.34. The van der Waals surface area contributed by atoms with Crippen LogP contribution >= 0.6 is 11.3 Å². The number of rotatable bonds is 4. The maximum atomic E-state index is 11.6. The lowest BCUT2D eigenvalue weighted by Gasteiger charge is -1.98. The molecule has 0 fully saturated rings. The van der Waals surface area contributed by atoms with Crippen LogP contribution in [-0.2, 0) is 6.54 Å². The topological polar surface area (TPSA) is 105 Å². The van der Waals surface area contributed by atoms with E-state index >= 15 is 0 Å². The van der Waals surface area contributed by atoms with E-state index in [-0.39, 0.29) is 18.0 Å². The van der Waals surface area contributed by atoms with Crippen molar-refractivity contribution in [3.8, 4) is 0 Å². The molecule has 0 atom stereocenters. The number of aromatic nitrogens is 2. The zero-order chi connectivity index (χ0) is 13.1.